The normalized spacial score (nSPS) is 9.43. The first kappa shape index (κ1) is 18.3. The summed E-state index contributed by atoms with van der Waals surface area (Å²) in [4.78, 5) is 0. The second kappa shape index (κ2) is 10.1. The molecule has 0 aliphatic carbocycles. The maximum atomic E-state index is 6.00. The second-order valence-corrected chi connectivity index (χ2v) is 4.48. The molecule has 0 saturated carbocycles. The predicted molar refractivity (Wildman–Crippen MR) is 88.8 cm³/mol. The van der Waals surface area contributed by atoms with Crippen LogP contribution in [-0.2, 0) is 0 Å². The summed E-state index contributed by atoms with van der Waals surface area (Å²) < 4.78 is 16.8. The van der Waals surface area contributed by atoms with Gasteiger partial charge in [-0.1, -0.05) is 12.1 Å². The van der Waals surface area contributed by atoms with Crippen molar-refractivity contribution in [2.24, 2.45) is 0 Å². The van der Waals surface area contributed by atoms with E-state index in [2.05, 4.69) is 0 Å². The molecule has 2 aromatic rings. The molecule has 0 saturated heterocycles. The number of benzene rings is 2. The van der Waals surface area contributed by atoms with E-state index in [0.717, 1.165) is 28.4 Å². The predicted octanol–water partition coefficient (Wildman–Crippen LogP) is 4.58. The monoisotopic (exact) mass is 314 g/mol. The quantitative estimate of drug-likeness (QED) is 0.699. The average molecular weight is 314 g/mol. The Morgan fingerprint density at radius 1 is 0.696 bits per heavy atom. The Morgan fingerprint density at radius 2 is 1.22 bits per heavy atom. The average Bonchev–Trinajstić information content (AvgIpc) is 2.60. The van der Waals surface area contributed by atoms with E-state index in [9.17, 15) is 0 Å². The minimum absolute atomic E-state index is 0.637. The summed E-state index contributed by atoms with van der Waals surface area (Å²) in [6.07, 6.45) is 0. The van der Waals surface area contributed by atoms with Crippen LogP contribution in [-0.4, -0.2) is 19.8 Å². The van der Waals surface area contributed by atoms with Crippen LogP contribution in [0.25, 0.3) is 11.1 Å². The first-order valence-corrected chi connectivity index (χ1v) is 7.61. The molecule has 0 unspecified atom stereocenters. The van der Waals surface area contributed by atoms with Gasteiger partial charge in [-0.2, -0.15) is 0 Å². The number of nitrogens with zero attached hydrogens (tertiary/aromatic N) is 2. The molecule has 0 aromatic heterocycles. The lowest BCUT2D eigenvalue weighted by Gasteiger charge is -2.13. The Morgan fingerprint density at radius 3 is 1.78 bits per heavy atom. The van der Waals surface area contributed by atoms with Gasteiger partial charge in [0.1, 0.15) is 17.2 Å². The molecule has 5 heteroatoms. The van der Waals surface area contributed by atoms with E-state index in [1.807, 2.05) is 63.2 Å². The summed E-state index contributed by atoms with van der Waals surface area (Å²) >= 11 is 0. The highest BCUT2D eigenvalue weighted by Gasteiger charge is 2.08. The van der Waals surface area contributed by atoms with Gasteiger partial charge in [0.15, 0.2) is 0 Å². The van der Waals surface area contributed by atoms with Gasteiger partial charge in [0.05, 0.1) is 19.8 Å². The molecular weight excluding hydrogens is 292 g/mol. The standard InChI is InChI=1S/C18H22O3.N2/c1-4-19-15-9-7-14(8-10-15)17-13-16(20-5-2)11-12-18(17)21-6-3;1-2/h7-13H,4-6H2,1-3H3;. The largest absolute Gasteiger partial charge is 0.494 e. The molecule has 0 atom stereocenters. The minimum atomic E-state index is 0.637. The third-order valence-electron chi connectivity index (χ3n) is 3.04. The van der Waals surface area contributed by atoms with E-state index in [1.165, 1.54) is 0 Å². The molecule has 0 radical (unpaired) electrons. The molecule has 2 rings (SSSR count). The van der Waals surface area contributed by atoms with Gasteiger partial charge in [0.25, 0.3) is 0 Å². The van der Waals surface area contributed by atoms with Crippen LogP contribution in [0.5, 0.6) is 17.2 Å². The minimum Gasteiger partial charge on any atom is -0.494 e. The van der Waals surface area contributed by atoms with Crippen LogP contribution in [0, 0.1) is 10.8 Å². The van der Waals surface area contributed by atoms with E-state index in [1.54, 1.807) is 0 Å². The van der Waals surface area contributed by atoms with Gasteiger partial charge >= 0.3 is 0 Å². The number of ether oxygens (including phenoxy) is 3. The Labute approximate surface area is 137 Å². The van der Waals surface area contributed by atoms with Gasteiger partial charge < -0.3 is 14.2 Å². The molecule has 5 nitrogen and oxygen atoms in total. The first-order valence-electron chi connectivity index (χ1n) is 7.61. The van der Waals surface area contributed by atoms with Crippen molar-refractivity contribution in [3.63, 3.8) is 0 Å². The summed E-state index contributed by atoms with van der Waals surface area (Å²) in [7, 11) is 0. The number of hydrogen-bond donors (Lipinski definition) is 0. The Balaban J connectivity index is 0.00000127. The molecule has 0 N–H and O–H groups in total. The van der Waals surface area contributed by atoms with E-state index in [0.29, 0.717) is 19.8 Å². The zero-order chi connectivity index (χ0) is 17.1. The molecule has 0 amide bonds. The maximum absolute atomic E-state index is 6.00. The summed E-state index contributed by atoms with van der Waals surface area (Å²) in [6, 6.07) is 13.9. The fraction of sp³-hybridized carbons (Fsp3) is 0.333. The van der Waals surface area contributed by atoms with Gasteiger partial charge in [0, 0.05) is 16.3 Å². The van der Waals surface area contributed by atoms with E-state index in [-0.39, 0.29) is 0 Å². The Hall–Kier alpha value is -2.74. The summed E-state index contributed by atoms with van der Waals surface area (Å²) in [6.45, 7) is 7.90. The van der Waals surface area contributed by atoms with Crippen molar-refractivity contribution in [3.05, 3.63) is 42.5 Å². The van der Waals surface area contributed by atoms with Gasteiger partial charge in [0.2, 0.25) is 0 Å². The molecule has 0 aliphatic heterocycles. The van der Waals surface area contributed by atoms with Crippen molar-refractivity contribution < 1.29 is 14.2 Å². The zero-order valence-corrected chi connectivity index (χ0v) is 13.8. The van der Waals surface area contributed by atoms with Gasteiger partial charge in [-0.25, -0.2) is 0 Å². The van der Waals surface area contributed by atoms with Crippen LogP contribution in [0.15, 0.2) is 42.5 Å². The molecule has 23 heavy (non-hydrogen) atoms. The van der Waals surface area contributed by atoms with Crippen LogP contribution in [0.2, 0.25) is 0 Å². The molecule has 0 spiro atoms. The van der Waals surface area contributed by atoms with Crippen molar-refractivity contribution in [3.8, 4) is 28.4 Å². The molecule has 0 aliphatic rings. The van der Waals surface area contributed by atoms with Crippen LogP contribution in [0.4, 0.5) is 0 Å². The van der Waals surface area contributed by atoms with Gasteiger partial charge in [-0.15, -0.1) is 0 Å². The van der Waals surface area contributed by atoms with Crippen molar-refractivity contribution >= 4 is 0 Å². The number of rotatable bonds is 7. The topological polar surface area (TPSA) is 75.3 Å². The highest BCUT2D eigenvalue weighted by molar-refractivity contribution is 5.72. The van der Waals surface area contributed by atoms with Crippen LogP contribution in [0.3, 0.4) is 0 Å². The molecule has 2 aromatic carbocycles. The molecular formula is C18H22N2O3. The lowest BCUT2D eigenvalue weighted by molar-refractivity contribution is 0.331. The fourth-order valence-electron chi connectivity index (χ4n) is 2.17. The van der Waals surface area contributed by atoms with E-state index < -0.39 is 0 Å². The van der Waals surface area contributed by atoms with E-state index in [4.69, 9.17) is 25.0 Å². The van der Waals surface area contributed by atoms with Gasteiger partial charge in [-0.3, -0.25) is 0 Å². The smallest absolute Gasteiger partial charge is 0.127 e. The Kier molecular flexibility index (Phi) is 8.01. The van der Waals surface area contributed by atoms with Crippen LogP contribution in [0.1, 0.15) is 20.8 Å². The van der Waals surface area contributed by atoms with Crippen molar-refractivity contribution in [1.29, 1.82) is 10.8 Å². The molecule has 0 heterocycles. The highest BCUT2D eigenvalue weighted by Crippen LogP contribution is 2.34. The first-order chi connectivity index (χ1) is 11.3. The SMILES string of the molecule is CCOc1ccc(-c2cc(OCC)ccc2OCC)cc1.N#N. The van der Waals surface area contributed by atoms with Crippen LogP contribution >= 0.6 is 0 Å². The lowest BCUT2D eigenvalue weighted by Crippen LogP contribution is -1.97. The lowest BCUT2D eigenvalue weighted by atomic mass is 10.0. The number of hydrogen-bond acceptors (Lipinski definition) is 5. The summed E-state index contributed by atoms with van der Waals surface area (Å²) in [5, 5.41) is 12.0. The fourth-order valence-corrected chi connectivity index (χ4v) is 2.17. The molecule has 0 fully saturated rings. The van der Waals surface area contributed by atoms with Crippen molar-refractivity contribution in [2.75, 3.05) is 19.8 Å². The van der Waals surface area contributed by atoms with E-state index >= 15 is 0 Å². The van der Waals surface area contributed by atoms with Crippen molar-refractivity contribution in [1.82, 2.24) is 0 Å². The third kappa shape index (κ3) is 5.19. The summed E-state index contributed by atoms with van der Waals surface area (Å²) in [5.41, 5.74) is 2.12. The third-order valence-corrected chi connectivity index (χ3v) is 3.04. The van der Waals surface area contributed by atoms with Crippen LogP contribution < -0.4 is 14.2 Å². The highest BCUT2D eigenvalue weighted by atomic mass is 16.5. The second-order valence-electron chi connectivity index (χ2n) is 4.48. The molecule has 0 bridgehead atoms. The van der Waals surface area contributed by atoms with Gasteiger partial charge in [-0.05, 0) is 56.7 Å². The summed E-state index contributed by atoms with van der Waals surface area (Å²) in [5.74, 6) is 2.59. The maximum Gasteiger partial charge on any atom is 0.127 e. The Bertz CT molecular complexity index is 609. The molecule has 122 valence electrons. The van der Waals surface area contributed by atoms with Crippen molar-refractivity contribution in [2.45, 2.75) is 20.8 Å². The zero-order valence-electron chi connectivity index (χ0n) is 13.8.